The van der Waals surface area contributed by atoms with Gasteiger partial charge in [-0.3, -0.25) is 4.79 Å². The Kier molecular flexibility index (Phi) is 3.92. The van der Waals surface area contributed by atoms with Gasteiger partial charge in [0.05, 0.1) is 11.1 Å². The average molecular weight is 310 g/mol. The van der Waals surface area contributed by atoms with E-state index in [0.717, 1.165) is 17.4 Å². The molecule has 0 saturated carbocycles. The number of pyridine rings is 2. The molecule has 0 aliphatic carbocycles. The van der Waals surface area contributed by atoms with Crippen molar-refractivity contribution in [2.24, 2.45) is 0 Å². The fraction of sp³-hybridized carbons (Fsp3) is 0.250. The Labute approximate surface area is 133 Å². The Morgan fingerprint density at radius 3 is 2.78 bits per heavy atom. The maximum atomic E-state index is 12.2. The maximum absolute atomic E-state index is 12.2. The molecule has 7 heteroatoms. The molecule has 0 aliphatic rings. The predicted molar refractivity (Wildman–Crippen MR) is 91.2 cm³/mol. The molecule has 1 atom stereocenters. The van der Waals surface area contributed by atoms with E-state index < -0.39 is 0 Å². The van der Waals surface area contributed by atoms with Crippen LogP contribution in [0.25, 0.3) is 22.0 Å². The van der Waals surface area contributed by atoms with Crippen LogP contribution in [-0.2, 0) is 0 Å². The molecular formula is C16H18N6O. The van der Waals surface area contributed by atoms with Crippen LogP contribution in [-0.4, -0.2) is 26.0 Å². The first kappa shape index (κ1) is 15.0. The first-order chi connectivity index (χ1) is 11.1. The summed E-state index contributed by atoms with van der Waals surface area (Å²) >= 11 is 0. The quantitative estimate of drug-likeness (QED) is 0.681. The second kappa shape index (κ2) is 6.04. The van der Waals surface area contributed by atoms with Crippen molar-refractivity contribution in [2.75, 3.05) is 11.1 Å². The third-order valence-electron chi connectivity index (χ3n) is 3.72. The number of aromatic nitrogens is 4. The van der Waals surface area contributed by atoms with Gasteiger partial charge in [-0.05, 0) is 30.9 Å². The van der Waals surface area contributed by atoms with Crippen molar-refractivity contribution in [2.45, 2.75) is 26.3 Å². The van der Waals surface area contributed by atoms with Crippen molar-refractivity contribution in [3.05, 3.63) is 41.1 Å². The van der Waals surface area contributed by atoms with Crippen LogP contribution in [0, 0.1) is 0 Å². The second-order valence-corrected chi connectivity index (χ2v) is 5.41. The van der Waals surface area contributed by atoms with Crippen molar-refractivity contribution >= 4 is 22.5 Å². The fourth-order valence-electron chi connectivity index (χ4n) is 2.27. The standard InChI is InChI=1S/C16H18N6O/c1-3-9(2)21-14-13-10(4-5-18-15(13)23)6-12(22-14)11-7-19-16(17)20-8-11/h4-9H,3H2,1-2H3,(H,18,23)(H,21,22)(H2,17,19,20)/t9-/m0/s1. The summed E-state index contributed by atoms with van der Waals surface area (Å²) in [5, 5.41) is 4.66. The third-order valence-corrected chi connectivity index (χ3v) is 3.72. The van der Waals surface area contributed by atoms with Gasteiger partial charge in [0.1, 0.15) is 5.82 Å². The second-order valence-electron chi connectivity index (χ2n) is 5.41. The summed E-state index contributed by atoms with van der Waals surface area (Å²) in [6.07, 6.45) is 5.79. The van der Waals surface area contributed by atoms with Crippen LogP contribution in [0.4, 0.5) is 11.8 Å². The zero-order valence-electron chi connectivity index (χ0n) is 13.0. The Morgan fingerprint density at radius 1 is 1.35 bits per heavy atom. The summed E-state index contributed by atoms with van der Waals surface area (Å²) in [6.45, 7) is 4.12. The number of nitrogens with one attached hydrogen (secondary N) is 2. The molecule has 23 heavy (non-hydrogen) atoms. The highest BCUT2D eigenvalue weighted by Crippen LogP contribution is 2.25. The molecule has 118 valence electrons. The Bertz CT molecular complexity index is 887. The number of anilines is 2. The number of nitrogen functional groups attached to an aromatic ring is 1. The van der Waals surface area contributed by atoms with Crippen molar-refractivity contribution in [1.82, 2.24) is 19.9 Å². The van der Waals surface area contributed by atoms with Gasteiger partial charge in [-0.1, -0.05) is 6.92 Å². The third kappa shape index (κ3) is 2.98. The van der Waals surface area contributed by atoms with Crippen LogP contribution in [0.2, 0.25) is 0 Å². The summed E-state index contributed by atoms with van der Waals surface area (Å²) < 4.78 is 0. The lowest BCUT2D eigenvalue weighted by molar-refractivity contribution is 0.760. The molecule has 0 radical (unpaired) electrons. The molecule has 0 amide bonds. The molecule has 0 aliphatic heterocycles. The summed E-state index contributed by atoms with van der Waals surface area (Å²) in [5.74, 6) is 0.773. The molecular weight excluding hydrogens is 292 g/mol. The van der Waals surface area contributed by atoms with Gasteiger partial charge < -0.3 is 16.0 Å². The summed E-state index contributed by atoms with van der Waals surface area (Å²) in [4.78, 5) is 27.5. The van der Waals surface area contributed by atoms with Crippen LogP contribution in [0.5, 0.6) is 0 Å². The molecule has 0 spiro atoms. The SMILES string of the molecule is CC[C@H](C)Nc1nc(-c2cnc(N)nc2)cc2cc[nH]c(=O)c12. The van der Waals surface area contributed by atoms with Crippen LogP contribution in [0.3, 0.4) is 0 Å². The summed E-state index contributed by atoms with van der Waals surface area (Å²) in [7, 11) is 0. The van der Waals surface area contributed by atoms with E-state index in [0.29, 0.717) is 16.9 Å². The molecule has 0 aromatic carbocycles. The molecule has 0 unspecified atom stereocenters. The molecule has 3 aromatic heterocycles. The van der Waals surface area contributed by atoms with Gasteiger partial charge in [0.15, 0.2) is 0 Å². The number of aromatic amines is 1. The van der Waals surface area contributed by atoms with Gasteiger partial charge in [0.25, 0.3) is 5.56 Å². The van der Waals surface area contributed by atoms with Gasteiger partial charge in [0, 0.05) is 30.2 Å². The minimum Gasteiger partial charge on any atom is -0.368 e. The largest absolute Gasteiger partial charge is 0.368 e. The molecule has 0 bridgehead atoms. The lowest BCUT2D eigenvalue weighted by Crippen LogP contribution is -2.18. The highest BCUT2D eigenvalue weighted by atomic mass is 16.1. The van der Waals surface area contributed by atoms with Crippen LogP contribution < -0.4 is 16.6 Å². The van der Waals surface area contributed by atoms with E-state index in [1.54, 1.807) is 18.6 Å². The van der Waals surface area contributed by atoms with Gasteiger partial charge in [0.2, 0.25) is 5.95 Å². The molecule has 3 aromatic rings. The van der Waals surface area contributed by atoms with Crippen molar-refractivity contribution < 1.29 is 0 Å². The molecule has 4 N–H and O–H groups in total. The first-order valence-electron chi connectivity index (χ1n) is 7.45. The van der Waals surface area contributed by atoms with Crippen molar-refractivity contribution in [3.8, 4) is 11.3 Å². The van der Waals surface area contributed by atoms with E-state index in [1.807, 2.05) is 19.1 Å². The zero-order chi connectivity index (χ0) is 16.4. The Hall–Kier alpha value is -2.96. The minimum atomic E-state index is -0.166. The number of nitrogens with two attached hydrogens (primary N) is 1. The maximum Gasteiger partial charge on any atom is 0.259 e. The van der Waals surface area contributed by atoms with E-state index >= 15 is 0 Å². The highest BCUT2D eigenvalue weighted by Gasteiger charge is 2.12. The van der Waals surface area contributed by atoms with Crippen molar-refractivity contribution in [1.29, 1.82) is 0 Å². The van der Waals surface area contributed by atoms with Gasteiger partial charge in [-0.25, -0.2) is 15.0 Å². The smallest absolute Gasteiger partial charge is 0.259 e. The lowest BCUT2D eigenvalue weighted by atomic mass is 10.1. The van der Waals surface area contributed by atoms with E-state index in [9.17, 15) is 4.79 Å². The number of fused-ring (bicyclic) bond motifs is 1. The van der Waals surface area contributed by atoms with E-state index in [1.165, 1.54) is 0 Å². The molecule has 3 heterocycles. The fourth-order valence-corrected chi connectivity index (χ4v) is 2.27. The topological polar surface area (TPSA) is 110 Å². The van der Waals surface area contributed by atoms with Crippen LogP contribution >= 0.6 is 0 Å². The summed E-state index contributed by atoms with van der Waals surface area (Å²) in [5.41, 5.74) is 6.80. The van der Waals surface area contributed by atoms with Crippen LogP contribution in [0.15, 0.2) is 35.5 Å². The molecule has 0 saturated heterocycles. The van der Waals surface area contributed by atoms with E-state index in [4.69, 9.17) is 5.73 Å². The van der Waals surface area contributed by atoms with Gasteiger partial charge in [-0.15, -0.1) is 0 Å². The molecule has 7 nitrogen and oxygen atoms in total. The number of rotatable bonds is 4. The normalized spacial score (nSPS) is 12.3. The summed E-state index contributed by atoms with van der Waals surface area (Å²) in [6, 6.07) is 3.89. The Balaban J connectivity index is 2.21. The van der Waals surface area contributed by atoms with E-state index in [-0.39, 0.29) is 17.5 Å². The number of H-pyrrole nitrogens is 1. The predicted octanol–water partition coefficient (Wildman–Crippen LogP) is 2.17. The monoisotopic (exact) mass is 310 g/mol. The zero-order valence-corrected chi connectivity index (χ0v) is 13.0. The average Bonchev–Trinajstić information content (AvgIpc) is 2.55. The lowest BCUT2D eigenvalue weighted by Gasteiger charge is -2.15. The van der Waals surface area contributed by atoms with Crippen LogP contribution in [0.1, 0.15) is 20.3 Å². The highest BCUT2D eigenvalue weighted by molar-refractivity contribution is 5.93. The first-order valence-corrected chi connectivity index (χ1v) is 7.45. The Morgan fingerprint density at radius 2 is 2.09 bits per heavy atom. The van der Waals surface area contributed by atoms with Gasteiger partial charge in [-0.2, -0.15) is 0 Å². The molecule has 3 rings (SSSR count). The number of hydrogen-bond acceptors (Lipinski definition) is 6. The number of hydrogen-bond donors (Lipinski definition) is 3. The molecule has 0 fully saturated rings. The minimum absolute atomic E-state index is 0.166. The van der Waals surface area contributed by atoms with Gasteiger partial charge >= 0.3 is 0 Å². The van der Waals surface area contributed by atoms with E-state index in [2.05, 4.69) is 32.2 Å². The van der Waals surface area contributed by atoms with Crippen molar-refractivity contribution in [3.63, 3.8) is 0 Å². The number of nitrogens with zero attached hydrogens (tertiary/aromatic N) is 3.